The standard InChI is InChI=1S/C20H26N6O3/c1-23-17-16(18(27)22-20(23)28)26(12-13-29-2)19(21-17)25-10-8-24(9-11-25)14-15-6-4-3-5-7-15/h3-7H,8-14H2,1-2H3,(H,22,27,28). The lowest BCUT2D eigenvalue weighted by atomic mass is 10.2. The lowest BCUT2D eigenvalue weighted by Crippen LogP contribution is -2.47. The highest BCUT2D eigenvalue weighted by Crippen LogP contribution is 2.21. The van der Waals surface area contributed by atoms with Gasteiger partial charge in [-0.3, -0.25) is 19.2 Å². The number of aromatic nitrogens is 4. The van der Waals surface area contributed by atoms with Gasteiger partial charge in [-0.2, -0.15) is 4.98 Å². The quantitative estimate of drug-likeness (QED) is 0.646. The van der Waals surface area contributed by atoms with Crippen LogP contribution >= 0.6 is 0 Å². The number of nitrogens with one attached hydrogen (secondary N) is 1. The first-order valence-electron chi connectivity index (χ1n) is 9.78. The zero-order chi connectivity index (χ0) is 20.4. The Kier molecular flexibility index (Phi) is 5.50. The van der Waals surface area contributed by atoms with Crippen LogP contribution in [0.3, 0.4) is 0 Å². The van der Waals surface area contributed by atoms with Crippen molar-refractivity contribution in [3.63, 3.8) is 0 Å². The van der Waals surface area contributed by atoms with Crippen LogP contribution in [0, 0.1) is 0 Å². The van der Waals surface area contributed by atoms with Gasteiger partial charge in [-0.05, 0) is 5.56 Å². The van der Waals surface area contributed by atoms with Gasteiger partial charge in [0, 0.05) is 53.4 Å². The SMILES string of the molecule is COCCn1c(N2CCN(Cc3ccccc3)CC2)nc2c1c(=O)[nH]c(=O)n2C. The molecule has 9 nitrogen and oxygen atoms in total. The second-order valence-corrected chi connectivity index (χ2v) is 7.30. The first-order valence-corrected chi connectivity index (χ1v) is 9.78. The van der Waals surface area contributed by atoms with Crippen LogP contribution in [0.4, 0.5) is 5.95 Å². The zero-order valence-corrected chi connectivity index (χ0v) is 16.8. The van der Waals surface area contributed by atoms with Gasteiger partial charge in [0.15, 0.2) is 11.2 Å². The number of fused-ring (bicyclic) bond motifs is 1. The van der Waals surface area contributed by atoms with Crippen LogP contribution < -0.4 is 16.1 Å². The molecule has 1 N–H and O–H groups in total. The Labute approximate surface area is 168 Å². The predicted molar refractivity (Wildman–Crippen MR) is 111 cm³/mol. The Morgan fingerprint density at radius 1 is 1.10 bits per heavy atom. The van der Waals surface area contributed by atoms with Crippen molar-refractivity contribution in [2.75, 3.05) is 44.8 Å². The monoisotopic (exact) mass is 398 g/mol. The Morgan fingerprint density at radius 2 is 1.83 bits per heavy atom. The fourth-order valence-corrected chi connectivity index (χ4v) is 3.81. The average Bonchev–Trinajstić information content (AvgIpc) is 3.12. The highest BCUT2D eigenvalue weighted by molar-refractivity contribution is 5.74. The molecule has 3 aromatic rings. The minimum Gasteiger partial charge on any atom is -0.383 e. The fourth-order valence-electron chi connectivity index (χ4n) is 3.81. The van der Waals surface area contributed by atoms with Gasteiger partial charge >= 0.3 is 5.69 Å². The average molecular weight is 398 g/mol. The highest BCUT2D eigenvalue weighted by atomic mass is 16.5. The number of imidazole rings is 1. The molecular formula is C20H26N6O3. The molecule has 1 aromatic carbocycles. The number of piperazine rings is 1. The third kappa shape index (κ3) is 3.83. The van der Waals surface area contributed by atoms with E-state index >= 15 is 0 Å². The van der Waals surface area contributed by atoms with Crippen molar-refractivity contribution in [2.24, 2.45) is 7.05 Å². The number of rotatable bonds is 6. The maximum absolute atomic E-state index is 12.5. The largest absolute Gasteiger partial charge is 0.383 e. The molecule has 1 fully saturated rings. The molecule has 0 radical (unpaired) electrons. The van der Waals surface area contributed by atoms with E-state index in [0.29, 0.717) is 30.3 Å². The van der Waals surface area contributed by atoms with Crippen molar-refractivity contribution >= 4 is 17.1 Å². The summed E-state index contributed by atoms with van der Waals surface area (Å²) in [7, 11) is 3.25. The summed E-state index contributed by atoms with van der Waals surface area (Å²) >= 11 is 0. The molecule has 9 heteroatoms. The van der Waals surface area contributed by atoms with Gasteiger partial charge in [0.05, 0.1) is 6.61 Å². The summed E-state index contributed by atoms with van der Waals surface area (Å²) in [6, 6.07) is 10.4. The van der Waals surface area contributed by atoms with Gasteiger partial charge in [0.25, 0.3) is 5.56 Å². The number of hydrogen-bond donors (Lipinski definition) is 1. The molecule has 0 spiro atoms. The van der Waals surface area contributed by atoms with Gasteiger partial charge < -0.3 is 14.2 Å². The summed E-state index contributed by atoms with van der Waals surface area (Å²) in [6.07, 6.45) is 0. The maximum atomic E-state index is 12.5. The molecule has 0 saturated carbocycles. The van der Waals surface area contributed by atoms with Gasteiger partial charge in [0.2, 0.25) is 5.95 Å². The van der Waals surface area contributed by atoms with Crippen molar-refractivity contribution < 1.29 is 4.74 Å². The molecule has 1 aliphatic heterocycles. The molecule has 154 valence electrons. The summed E-state index contributed by atoms with van der Waals surface area (Å²) in [5.74, 6) is 0.711. The number of aryl methyl sites for hydroxylation is 1. The lowest BCUT2D eigenvalue weighted by Gasteiger charge is -2.35. The normalized spacial score (nSPS) is 15.3. The molecule has 4 rings (SSSR count). The first-order chi connectivity index (χ1) is 14.1. The number of hydrogen-bond acceptors (Lipinski definition) is 6. The minimum atomic E-state index is -0.460. The first kappa shape index (κ1) is 19.4. The molecule has 1 aliphatic rings. The number of methoxy groups -OCH3 is 1. The van der Waals surface area contributed by atoms with Crippen molar-refractivity contribution in [3.8, 4) is 0 Å². The Balaban J connectivity index is 1.60. The van der Waals surface area contributed by atoms with Crippen LogP contribution in [0.1, 0.15) is 5.56 Å². The van der Waals surface area contributed by atoms with E-state index in [9.17, 15) is 9.59 Å². The van der Waals surface area contributed by atoms with Crippen LogP contribution in [0.15, 0.2) is 39.9 Å². The smallest absolute Gasteiger partial charge is 0.329 e. The highest BCUT2D eigenvalue weighted by Gasteiger charge is 2.24. The summed E-state index contributed by atoms with van der Waals surface area (Å²) in [6.45, 7) is 5.27. The number of H-pyrrole nitrogens is 1. The molecule has 2 aromatic heterocycles. The van der Waals surface area contributed by atoms with Gasteiger partial charge in [-0.1, -0.05) is 30.3 Å². The van der Waals surface area contributed by atoms with Gasteiger partial charge in [-0.25, -0.2) is 4.79 Å². The van der Waals surface area contributed by atoms with Crippen LogP contribution in [-0.2, 0) is 24.9 Å². The molecule has 0 atom stereocenters. The Morgan fingerprint density at radius 3 is 2.52 bits per heavy atom. The number of benzene rings is 1. The third-order valence-corrected chi connectivity index (χ3v) is 5.41. The van der Waals surface area contributed by atoms with Crippen LogP contribution in [0.25, 0.3) is 11.2 Å². The van der Waals surface area contributed by atoms with Crippen molar-refractivity contribution in [2.45, 2.75) is 13.1 Å². The van der Waals surface area contributed by atoms with E-state index in [1.54, 1.807) is 14.2 Å². The van der Waals surface area contributed by atoms with E-state index in [2.05, 4.69) is 44.0 Å². The minimum absolute atomic E-state index is 0.400. The van der Waals surface area contributed by atoms with E-state index in [1.807, 2.05) is 10.6 Å². The topological polar surface area (TPSA) is 88.4 Å². The molecule has 0 unspecified atom stereocenters. The van der Waals surface area contributed by atoms with Crippen LogP contribution in [-0.4, -0.2) is 63.9 Å². The van der Waals surface area contributed by atoms with Crippen molar-refractivity contribution in [3.05, 3.63) is 56.7 Å². The maximum Gasteiger partial charge on any atom is 0.329 e. The Bertz CT molecular complexity index is 1090. The number of aromatic amines is 1. The molecular weight excluding hydrogens is 372 g/mol. The summed E-state index contributed by atoms with van der Waals surface area (Å²) in [4.78, 5) is 36.1. The van der Waals surface area contributed by atoms with Crippen molar-refractivity contribution in [1.82, 2.24) is 24.0 Å². The molecule has 1 saturated heterocycles. The Hall–Kier alpha value is -2.91. The van der Waals surface area contributed by atoms with E-state index < -0.39 is 11.2 Å². The molecule has 0 aliphatic carbocycles. The summed E-state index contributed by atoms with van der Waals surface area (Å²) in [5, 5.41) is 0. The number of anilines is 1. The second-order valence-electron chi connectivity index (χ2n) is 7.30. The van der Waals surface area contributed by atoms with E-state index in [4.69, 9.17) is 4.74 Å². The van der Waals surface area contributed by atoms with Crippen LogP contribution in [0.2, 0.25) is 0 Å². The lowest BCUT2D eigenvalue weighted by molar-refractivity contribution is 0.188. The number of nitrogens with zero attached hydrogens (tertiary/aromatic N) is 5. The molecule has 29 heavy (non-hydrogen) atoms. The number of ether oxygens (including phenoxy) is 1. The van der Waals surface area contributed by atoms with E-state index in [-0.39, 0.29) is 0 Å². The molecule has 3 heterocycles. The molecule has 0 bridgehead atoms. The summed E-state index contributed by atoms with van der Waals surface area (Å²) < 4.78 is 8.48. The van der Waals surface area contributed by atoms with Crippen LogP contribution in [0.5, 0.6) is 0 Å². The zero-order valence-electron chi connectivity index (χ0n) is 16.8. The third-order valence-electron chi connectivity index (χ3n) is 5.41. The predicted octanol–water partition coefficient (Wildman–Crippen LogP) is 0.392. The van der Waals surface area contributed by atoms with E-state index in [0.717, 1.165) is 32.7 Å². The second kappa shape index (κ2) is 8.22. The van der Waals surface area contributed by atoms with Gasteiger partial charge in [-0.15, -0.1) is 0 Å². The fraction of sp³-hybridized carbons (Fsp3) is 0.450. The molecule has 0 amide bonds. The van der Waals surface area contributed by atoms with E-state index in [1.165, 1.54) is 10.1 Å². The van der Waals surface area contributed by atoms with Gasteiger partial charge in [0.1, 0.15) is 0 Å². The van der Waals surface area contributed by atoms with Crippen molar-refractivity contribution in [1.29, 1.82) is 0 Å². The summed E-state index contributed by atoms with van der Waals surface area (Å²) in [5.41, 5.74) is 1.23.